The predicted molar refractivity (Wildman–Crippen MR) is 145 cm³/mol. The Balaban J connectivity index is 1.32. The first-order chi connectivity index (χ1) is 17.0. The number of piperazine rings is 1. The van der Waals surface area contributed by atoms with E-state index in [1.165, 1.54) is 16.7 Å². The van der Waals surface area contributed by atoms with E-state index in [2.05, 4.69) is 120 Å². The van der Waals surface area contributed by atoms with Gasteiger partial charge in [-0.25, -0.2) is 9.97 Å². The van der Waals surface area contributed by atoms with Crippen molar-refractivity contribution in [3.8, 4) is 11.3 Å². The summed E-state index contributed by atoms with van der Waals surface area (Å²) in [5, 5.41) is 0. The van der Waals surface area contributed by atoms with Gasteiger partial charge >= 0.3 is 0 Å². The first-order valence-corrected chi connectivity index (χ1v) is 12.5. The molecule has 0 radical (unpaired) electrons. The summed E-state index contributed by atoms with van der Waals surface area (Å²) in [5.74, 6) is 0.818. The minimum Gasteiger partial charge on any atom is -0.338 e. The number of hydrogen-bond acceptors (Lipinski definition) is 4. The maximum Gasteiger partial charge on any atom is 0.225 e. The zero-order valence-corrected chi connectivity index (χ0v) is 20.9. The van der Waals surface area contributed by atoms with E-state index in [0.717, 1.165) is 43.4 Å². The standard InChI is InChI=1S/C31H34N4/c1-31(2,3)27-16-14-24(15-17-27)28-18-19-32-30(33-28)35-22-20-34(21-23-35)29(25-10-6-4-7-11-25)26-12-8-5-9-13-26/h4-19,29H,20-23H2,1-3H3. The average molecular weight is 463 g/mol. The molecule has 3 aromatic carbocycles. The van der Waals surface area contributed by atoms with Crippen LogP contribution in [0.1, 0.15) is 43.5 Å². The van der Waals surface area contributed by atoms with Gasteiger partial charge in [-0.05, 0) is 28.2 Å². The molecule has 0 saturated carbocycles. The highest BCUT2D eigenvalue weighted by molar-refractivity contribution is 5.61. The third-order valence-electron chi connectivity index (χ3n) is 6.88. The van der Waals surface area contributed by atoms with Crippen LogP contribution >= 0.6 is 0 Å². The van der Waals surface area contributed by atoms with Crippen LogP contribution in [0.2, 0.25) is 0 Å². The van der Waals surface area contributed by atoms with Gasteiger partial charge in [0, 0.05) is 37.9 Å². The Morgan fingerprint density at radius 1 is 0.686 bits per heavy atom. The molecule has 0 unspecified atom stereocenters. The van der Waals surface area contributed by atoms with Gasteiger partial charge < -0.3 is 4.90 Å². The van der Waals surface area contributed by atoms with E-state index >= 15 is 0 Å². The van der Waals surface area contributed by atoms with E-state index in [9.17, 15) is 0 Å². The van der Waals surface area contributed by atoms with Gasteiger partial charge in [-0.15, -0.1) is 0 Å². The second kappa shape index (κ2) is 10.0. The summed E-state index contributed by atoms with van der Waals surface area (Å²) < 4.78 is 0. The van der Waals surface area contributed by atoms with E-state index in [1.807, 2.05) is 12.3 Å². The minimum atomic E-state index is 0.145. The van der Waals surface area contributed by atoms with Crippen molar-refractivity contribution >= 4 is 5.95 Å². The average Bonchev–Trinajstić information content (AvgIpc) is 2.90. The van der Waals surface area contributed by atoms with Crippen molar-refractivity contribution in [3.05, 3.63) is 114 Å². The molecule has 4 nitrogen and oxygen atoms in total. The van der Waals surface area contributed by atoms with Gasteiger partial charge in [0.15, 0.2) is 0 Å². The van der Waals surface area contributed by atoms with Crippen molar-refractivity contribution in [3.63, 3.8) is 0 Å². The van der Waals surface area contributed by atoms with Crippen LogP contribution in [0.4, 0.5) is 5.95 Å². The van der Waals surface area contributed by atoms with Crippen molar-refractivity contribution in [2.24, 2.45) is 0 Å². The third-order valence-corrected chi connectivity index (χ3v) is 6.88. The lowest BCUT2D eigenvalue weighted by Gasteiger charge is -2.39. The molecule has 4 heteroatoms. The molecular formula is C31H34N4. The smallest absolute Gasteiger partial charge is 0.225 e. The normalized spacial score (nSPS) is 14.9. The molecule has 2 heterocycles. The molecule has 0 N–H and O–H groups in total. The second-order valence-corrected chi connectivity index (χ2v) is 10.3. The van der Waals surface area contributed by atoms with Crippen LogP contribution < -0.4 is 4.90 Å². The van der Waals surface area contributed by atoms with E-state index < -0.39 is 0 Å². The van der Waals surface area contributed by atoms with Crippen LogP contribution in [0.3, 0.4) is 0 Å². The van der Waals surface area contributed by atoms with Gasteiger partial charge in [-0.3, -0.25) is 4.90 Å². The molecular weight excluding hydrogens is 428 g/mol. The second-order valence-electron chi connectivity index (χ2n) is 10.3. The van der Waals surface area contributed by atoms with Crippen molar-refractivity contribution in [1.29, 1.82) is 0 Å². The third kappa shape index (κ3) is 5.28. The molecule has 0 atom stereocenters. The van der Waals surface area contributed by atoms with Gasteiger partial charge in [-0.2, -0.15) is 0 Å². The van der Waals surface area contributed by atoms with Gasteiger partial charge in [0.2, 0.25) is 5.95 Å². The Hall–Kier alpha value is -3.50. The lowest BCUT2D eigenvalue weighted by atomic mass is 9.86. The Bertz CT molecular complexity index is 1180. The highest BCUT2D eigenvalue weighted by atomic mass is 15.3. The number of anilines is 1. The molecule has 178 valence electrons. The van der Waals surface area contributed by atoms with Gasteiger partial charge in [0.25, 0.3) is 0 Å². The van der Waals surface area contributed by atoms with Gasteiger partial charge in [0.05, 0.1) is 11.7 Å². The molecule has 0 amide bonds. The summed E-state index contributed by atoms with van der Waals surface area (Å²) in [6, 6.07) is 32.7. The molecule has 0 bridgehead atoms. The summed E-state index contributed by atoms with van der Waals surface area (Å²) in [7, 11) is 0. The SMILES string of the molecule is CC(C)(C)c1ccc(-c2ccnc(N3CCN(C(c4ccccc4)c4ccccc4)CC3)n2)cc1. The maximum atomic E-state index is 4.94. The highest BCUT2D eigenvalue weighted by Crippen LogP contribution is 2.30. The first kappa shape index (κ1) is 23.3. The van der Waals surface area contributed by atoms with Crippen molar-refractivity contribution in [1.82, 2.24) is 14.9 Å². The molecule has 1 saturated heterocycles. The summed E-state index contributed by atoms with van der Waals surface area (Å²) in [5.41, 5.74) is 6.26. The highest BCUT2D eigenvalue weighted by Gasteiger charge is 2.27. The first-order valence-electron chi connectivity index (χ1n) is 12.5. The van der Waals surface area contributed by atoms with Crippen LogP contribution in [0, 0.1) is 0 Å². The van der Waals surface area contributed by atoms with Gasteiger partial charge in [0.1, 0.15) is 0 Å². The molecule has 1 fully saturated rings. The van der Waals surface area contributed by atoms with E-state index in [-0.39, 0.29) is 11.5 Å². The Labute approximate surface area is 209 Å². The molecule has 35 heavy (non-hydrogen) atoms. The van der Waals surface area contributed by atoms with Crippen LogP contribution in [0.5, 0.6) is 0 Å². The van der Waals surface area contributed by atoms with Crippen LogP contribution in [0.25, 0.3) is 11.3 Å². The lowest BCUT2D eigenvalue weighted by Crippen LogP contribution is -2.48. The van der Waals surface area contributed by atoms with E-state index in [1.54, 1.807) is 0 Å². The van der Waals surface area contributed by atoms with E-state index in [4.69, 9.17) is 4.98 Å². The fourth-order valence-electron chi connectivity index (χ4n) is 4.87. The van der Waals surface area contributed by atoms with Crippen LogP contribution in [0.15, 0.2) is 97.2 Å². The lowest BCUT2D eigenvalue weighted by molar-refractivity contribution is 0.211. The Morgan fingerprint density at radius 2 is 1.26 bits per heavy atom. The Morgan fingerprint density at radius 3 is 1.80 bits per heavy atom. The summed E-state index contributed by atoms with van der Waals surface area (Å²) in [6.07, 6.45) is 1.89. The number of aromatic nitrogens is 2. The zero-order chi connectivity index (χ0) is 24.3. The molecule has 1 aliphatic rings. The summed E-state index contributed by atoms with van der Waals surface area (Å²) in [4.78, 5) is 14.5. The van der Waals surface area contributed by atoms with Crippen LogP contribution in [-0.2, 0) is 5.41 Å². The van der Waals surface area contributed by atoms with Crippen molar-refractivity contribution < 1.29 is 0 Å². The minimum absolute atomic E-state index is 0.145. The van der Waals surface area contributed by atoms with Crippen molar-refractivity contribution in [2.75, 3.05) is 31.1 Å². The number of benzene rings is 3. The zero-order valence-electron chi connectivity index (χ0n) is 20.9. The monoisotopic (exact) mass is 462 g/mol. The fourth-order valence-corrected chi connectivity index (χ4v) is 4.87. The largest absolute Gasteiger partial charge is 0.338 e. The number of nitrogens with zero attached hydrogens (tertiary/aromatic N) is 4. The van der Waals surface area contributed by atoms with Crippen LogP contribution in [-0.4, -0.2) is 41.0 Å². The molecule has 0 aliphatic carbocycles. The number of hydrogen-bond donors (Lipinski definition) is 0. The van der Waals surface area contributed by atoms with E-state index in [0.29, 0.717) is 0 Å². The Kier molecular flexibility index (Phi) is 6.65. The molecule has 5 rings (SSSR count). The molecule has 4 aromatic rings. The quantitative estimate of drug-likeness (QED) is 0.346. The molecule has 1 aliphatic heterocycles. The molecule has 0 spiro atoms. The fraction of sp³-hybridized carbons (Fsp3) is 0.290. The molecule has 1 aromatic heterocycles. The maximum absolute atomic E-state index is 4.94. The number of rotatable bonds is 5. The van der Waals surface area contributed by atoms with Gasteiger partial charge in [-0.1, -0.05) is 106 Å². The summed E-state index contributed by atoms with van der Waals surface area (Å²) in [6.45, 7) is 10.5. The summed E-state index contributed by atoms with van der Waals surface area (Å²) >= 11 is 0. The topological polar surface area (TPSA) is 32.3 Å². The van der Waals surface area contributed by atoms with Crippen molar-refractivity contribution in [2.45, 2.75) is 32.2 Å². The predicted octanol–water partition coefficient (Wildman–Crippen LogP) is 6.35.